The first-order valence-corrected chi connectivity index (χ1v) is 2.92. The SMILES string of the molecule is CC(C)(C)N(CF)C(=O)F. The highest BCUT2D eigenvalue weighted by Gasteiger charge is 2.25. The van der Waals surface area contributed by atoms with E-state index in [2.05, 4.69) is 0 Å². The van der Waals surface area contributed by atoms with Crippen molar-refractivity contribution in [1.29, 1.82) is 0 Å². The molecule has 4 heteroatoms. The van der Waals surface area contributed by atoms with E-state index in [1.54, 1.807) is 20.8 Å². The van der Waals surface area contributed by atoms with Gasteiger partial charge in [-0.25, -0.2) is 9.18 Å². The Morgan fingerprint density at radius 2 is 1.90 bits per heavy atom. The van der Waals surface area contributed by atoms with Crippen LogP contribution in [0, 0.1) is 0 Å². The molecule has 2 nitrogen and oxygen atoms in total. The topological polar surface area (TPSA) is 20.3 Å². The molecule has 0 saturated carbocycles. The second-order valence-corrected chi connectivity index (χ2v) is 2.97. The first-order chi connectivity index (χ1) is 4.39. The van der Waals surface area contributed by atoms with Crippen LogP contribution in [0.3, 0.4) is 0 Å². The van der Waals surface area contributed by atoms with Gasteiger partial charge in [0.2, 0.25) is 0 Å². The van der Waals surface area contributed by atoms with Gasteiger partial charge >= 0.3 is 6.16 Å². The van der Waals surface area contributed by atoms with Crippen LogP contribution in [0.15, 0.2) is 0 Å². The fourth-order valence-electron chi connectivity index (χ4n) is 0.490. The summed E-state index contributed by atoms with van der Waals surface area (Å²) in [6, 6.07) is 0. The van der Waals surface area contributed by atoms with Crippen LogP contribution in [0.2, 0.25) is 0 Å². The quantitative estimate of drug-likeness (QED) is 0.415. The Bertz CT molecular complexity index is 130. The maximum absolute atomic E-state index is 11.9. The molecule has 0 aliphatic rings. The fourth-order valence-corrected chi connectivity index (χ4v) is 0.490. The first-order valence-electron chi connectivity index (χ1n) is 2.92. The van der Waals surface area contributed by atoms with Crippen LogP contribution in [0.4, 0.5) is 13.6 Å². The van der Waals surface area contributed by atoms with Crippen LogP contribution in [0.25, 0.3) is 0 Å². The molecule has 0 aromatic heterocycles. The number of rotatable bonds is 1. The minimum atomic E-state index is -1.73. The van der Waals surface area contributed by atoms with Crippen molar-refractivity contribution in [2.75, 3.05) is 6.80 Å². The zero-order valence-corrected chi connectivity index (χ0v) is 6.32. The van der Waals surface area contributed by atoms with Gasteiger partial charge < -0.3 is 0 Å². The third kappa shape index (κ3) is 2.29. The molecule has 0 aliphatic heterocycles. The van der Waals surface area contributed by atoms with Crippen LogP contribution in [-0.4, -0.2) is 23.4 Å². The zero-order valence-electron chi connectivity index (χ0n) is 6.32. The molecule has 0 bridgehead atoms. The summed E-state index contributed by atoms with van der Waals surface area (Å²) in [4.78, 5) is 10.5. The molecule has 0 spiro atoms. The number of hydrogen-bond donors (Lipinski definition) is 0. The Morgan fingerprint density at radius 3 is 1.90 bits per heavy atom. The predicted octanol–water partition coefficient (Wildman–Crippen LogP) is 2.10. The Kier molecular flexibility index (Phi) is 2.75. The lowest BCUT2D eigenvalue weighted by Gasteiger charge is -2.29. The molecule has 0 fully saturated rings. The van der Waals surface area contributed by atoms with Gasteiger partial charge in [0.25, 0.3) is 0 Å². The average Bonchev–Trinajstić information content (AvgIpc) is 1.60. The number of nitrogens with zero attached hydrogens (tertiary/aromatic N) is 1. The monoisotopic (exact) mass is 151 g/mol. The van der Waals surface area contributed by atoms with Crippen molar-refractivity contribution in [2.45, 2.75) is 26.3 Å². The lowest BCUT2D eigenvalue weighted by atomic mass is 10.1. The summed E-state index contributed by atoms with van der Waals surface area (Å²) in [5.74, 6) is 0. The Balaban J connectivity index is 4.22. The molecule has 0 aliphatic carbocycles. The van der Waals surface area contributed by atoms with Crippen molar-refractivity contribution in [3.05, 3.63) is 0 Å². The Morgan fingerprint density at radius 1 is 1.50 bits per heavy atom. The Hall–Kier alpha value is -0.670. The summed E-state index contributed by atoms with van der Waals surface area (Å²) < 4.78 is 23.8. The van der Waals surface area contributed by atoms with E-state index in [0.29, 0.717) is 4.90 Å². The van der Waals surface area contributed by atoms with Crippen molar-refractivity contribution in [3.63, 3.8) is 0 Å². The van der Waals surface area contributed by atoms with Crippen molar-refractivity contribution in [1.82, 2.24) is 4.90 Å². The van der Waals surface area contributed by atoms with Crippen LogP contribution in [0.5, 0.6) is 0 Å². The molecule has 0 aromatic rings. The van der Waals surface area contributed by atoms with E-state index in [4.69, 9.17) is 0 Å². The molecule has 60 valence electrons. The van der Waals surface area contributed by atoms with Gasteiger partial charge in [0, 0.05) is 5.54 Å². The first kappa shape index (κ1) is 9.33. The molecule has 0 N–H and O–H groups in total. The molecule has 1 amide bonds. The van der Waals surface area contributed by atoms with E-state index < -0.39 is 18.5 Å². The second-order valence-electron chi connectivity index (χ2n) is 2.97. The molecule has 0 saturated heterocycles. The van der Waals surface area contributed by atoms with Gasteiger partial charge in [0.05, 0.1) is 0 Å². The largest absolute Gasteiger partial charge is 0.402 e. The summed E-state index contributed by atoms with van der Waals surface area (Å²) in [7, 11) is 0. The smallest absolute Gasteiger partial charge is 0.282 e. The van der Waals surface area contributed by atoms with Crippen molar-refractivity contribution in [2.24, 2.45) is 0 Å². The van der Waals surface area contributed by atoms with Gasteiger partial charge in [0.15, 0.2) is 6.80 Å². The van der Waals surface area contributed by atoms with Crippen LogP contribution >= 0.6 is 0 Å². The summed E-state index contributed by atoms with van der Waals surface area (Å²) in [6.07, 6.45) is -1.73. The standard InChI is InChI=1S/C6H11F2NO/c1-6(2,3)9(4-7)5(8)10/h4H2,1-3H3. The van der Waals surface area contributed by atoms with E-state index >= 15 is 0 Å². The summed E-state index contributed by atoms with van der Waals surface area (Å²) in [5, 5.41) is 0. The molecule has 0 aromatic carbocycles. The number of carbonyl (C=O) groups excluding carboxylic acids is 1. The van der Waals surface area contributed by atoms with E-state index in [-0.39, 0.29) is 0 Å². The summed E-state index contributed by atoms with van der Waals surface area (Å²) in [6.45, 7) is 3.59. The van der Waals surface area contributed by atoms with Crippen molar-refractivity contribution >= 4 is 6.16 Å². The molecule has 0 unspecified atom stereocenters. The minimum absolute atomic E-state index is 0.507. The van der Waals surface area contributed by atoms with Crippen molar-refractivity contribution in [3.8, 4) is 0 Å². The molecule has 0 heterocycles. The van der Waals surface area contributed by atoms with Crippen LogP contribution in [0.1, 0.15) is 20.8 Å². The predicted molar refractivity (Wildman–Crippen MR) is 34.1 cm³/mol. The molecule has 0 rings (SSSR count). The summed E-state index contributed by atoms with van der Waals surface area (Å²) >= 11 is 0. The normalized spacial score (nSPS) is 11.3. The van der Waals surface area contributed by atoms with Gasteiger partial charge in [-0.3, -0.25) is 4.90 Å². The number of amides is 1. The fraction of sp³-hybridized carbons (Fsp3) is 0.833. The number of hydrogen-bond acceptors (Lipinski definition) is 1. The van der Waals surface area contributed by atoms with Crippen molar-refractivity contribution < 1.29 is 13.6 Å². The lowest BCUT2D eigenvalue weighted by Crippen LogP contribution is -2.42. The highest BCUT2D eigenvalue weighted by molar-refractivity contribution is 5.66. The third-order valence-corrected chi connectivity index (χ3v) is 1.14. The Labute approximate surface area is 58.8 Å². The molecule has 0 radical (unpaired) electrons. The van der Waals surface area contributed by atoms with Gasteiger partial charge in [-0.05, 0) is 20.8 Å². The molecular formula is C6H11F2NO. The van der Waals surface area contributed by atoms with E-state index in [9.17, 15) is 13.6 Å². The highest BCUT2D eigenvalue weighted by atomic mass is 19.1. The van der Waals surface area contributed by atoms with E-state index in [1.165, 1.54) is 0 Å². The molecular weight excluding hydrogens is 140 g/mol. The van der Waals surface area contributed by atoms with Gasteiger partial charge in [-0.2, -0.15) is 0 Å². The van der Waals surface area contributed by atoms with E-state index in [0.717, 1.165) is 0 Å². The minimum Gasteiger partial charge on any atom is -0.282 e. The highest BCUT2D eigenvalue weighted by Crippen LogP contribution is 2.13. The van der Waals surface area contributed by atoms with Gasteiger partial charge in [0.1, 0.15) is 0 Å². The summed E-state index contributed by atoms with van der Waals surface area (Å²) in [5.41, 5.74) is -0.777. The maximum atomic E-state index is 11.9. The second kappa shape index (κ2) is 2.94. The number of carbonyl (C=O) groups is 1. The zero-order chi connectivity index (χ0) is 8.36. The average molecular weight is 151 g/mol. The lowest BCUT2D eigenvalue weighted by molar-refractivity contribution is 0.0911. The number of halogens is 2. The molecule has 10 heavy (non-hydrogen) atoms. The number of alkyl halides is 1. The molecule has 0 atom stereocenters. The van der Waals surface area contributed by atoms with Gasteiger partial charge in [-0.1, -0.05) is 0 Å². The van der Waals surface area contributed by atoms with Gasteiger partial charge in [-0.15, -0.1) is 4.39 Å². The van der Waals surface area contributed by atoms with Crippen LogP contribution in [-0.2, 0) is 0 Å². The third-order valence-electron chi connectivity index (χ3n) is 1.14. The van der Waals surface area contributed by atoms with E-state index in [1.807, 2.05) is 0 Å². The maximum Gasteiger partial charge on any atom is 0.402 e. The van der Waals surface area contributed by atoms with Crippen LogP contribution < -0.4 is 0 Å².